The van der Waals surface area contributed by atoms with Gasteiger partial charge in [-0.15, -0.1) is 0 Å². The SMILES string of the molecule is C=C1CC(O)C2C(=C)C(=O)OC2C2C(C)C(=O)CC12.C=C1CC(O)C2C(C)C(=O)OC2C2C(=C)C(O)CC12.C=C1CC(O)C2C(C)C(=O)OC2C2C(=C)C(O)CC12.C=C1CC(O)C2C(C)C(=O)OC2C2C(C)C(=O)CC12.C=C1CC(O)C2C(C)C(=O)OC2C2C1CC(O)C2C.C=C1CC(O)C2C(C)C(=O)OC2C2C1CC(O)C2C. The molecule has 18 aliphatic rings. The van der Waals surface area contributed by atoms with Gasteiger partial charge < -0.3 is 79.5 Å². The van der Waals surface area contributed by atoms with Gasteiger partial charge >= 0.3 is 35.8 Å². The van der Waals surface area contributed by atoms with E-state index in [1.54, 1.807) is 20.8 Å². The largest absolute Gasteiger partial charge is 0.461 e. The zero-order valence-electron chi connectivity index (χ0n) is 67.4. The molecule has 0 aromatic rings. The van der Waals surface area contributed by atoms with Gasteiger partial charge in [-0.2, -0.15) is 0 Å². The molecule has 18 rings (SSSR count). The minimum atomic E-state index is -0.690. The lowest BCUT2D eigenvalue weighted by molar-refractivity contribution is -0.147. The quantitative estimate of drug-likeness (QED) is 0.0511. The lowest BCUT2D eigenvalue weighted by Gasteiger charge is -2.30. The van der Waals surface area contributed by atoms with E-state index in [9.17, 15) is 89.4 Å². The number of fused-ring (bicyclic) bond motifs is 18. The molecule has 0 spiro atoms. The number of aliphatic hydroxyl groups excluding tert-OH is 10. The second-order valence-corrected chi connectivity index (χ2v) is 37.7. The Kier molecular flexibility index (Phi) is 24.2. The Hall–Kier alpha value is -6.58. The Morgan fingerprint density at radius 2 is 0.509 bits per heavy atom. The van der Waals surface area contributed by atoms with Crippen LogP contribution in [0.3, 0.4) is 0 Å². The summed E-state index contributed by atoms with van der Waals surface area (Å²) in [6.07, 6.45) is -1.19. The molecule has 6 heterocycles. The summed E-state index contributed by atoms with van der Waals surface area (Å²) < 4.78 is 33.0. The van der Waals surface area contributed by atoms with Crippen LogP contribution in [-0.2, 0) is 66.8 Å². The molecule has 43 unspecified atom stereocenters. The van der Waals surface area contributed by atoms with E-state index in [1.165, 1.54) is 0 Å². The summed E-state index contributed by atoms with van der Waals surface area (Å²) >= 11 is 0. The first kappa shape index (κ1) is 85.3. The standard InChI is InChI=1S/2C15H22O4.3C15H20O4.C15H18O4/c6*1-6-4-11(17)13-8(3)15(18)19-14(13)12-7(2)10(16)5-9(6)12/h2*7-14,16-17H,1,4-5H2,2-3H3;7-9,11-14,17H,1,4-5H2,2-3H3;2*8-14,16-17H,1-2,4-5H2,3H3;7,9,11-14,17H,1,3-5H2,2H3. The number of carbonyl (C=O) groups excluding carboxylic acids is 8. The zero-order chi connectivity index (χ0) is 83.4. The molecule has 626 valence electrons. The van der Waals surface area contributed by atoms with Gasteiger partial charge in [-0.05, 0) is 123 Å². The Balaban J connectivity index is 0.000000119. The molecular formula is C90H122O24. The molecule has 24 nitrogen and oxygen atoms in total. The van der Waals surface area contributed by atoms with Gasteiger partial charge in [0.15, 0.2) is 0 Å². The van der Waals surface area contributed by atoms with Crippen LogP contribution in [0.15, 0.2) is 109 Å². The molecule has 0 amide bonds. The molecule has 24 heteroatoms. The Labute approximate surface area is 668 Å². The van der Waals surface area contributed by atoms with Crippen molar-refractivity contribution in [3.63, 3.8) is 0 Å². The maximum Gasteiger partial charge on any atom is 0.334 e. The van der Waals surface area contributed by atoms with E-state index < -0.39 is 66.8 Å². The monoisotopic (exact) mass is 1590 g/mol. The number of Topliss-reactive ketones (excluding diaryl/α,β-unsaturated/α-hetero) is 2. The number of carbonyl (C=O) groups is 8. The highest BCUT2D eigenvalue weighted by atomic mass is 16.6. The van der Waals surface area contributed by atoms with Crippen molar-refractivity contribution in [1.82, 2.24) is 0 Å². The molecule has 0 aromatic carbocycles. The van der Waals surface area contributed by atoms with E-state index in [-0.39, 0.29) is 238 Å². The first-order valence-electron chi connectivity index (χ1n) is 41.7. The topological polar surface area (TPSA) is 394 Å². The van der Waals surface area contributed by atoms with Crippen molar-refractivity contribution in [2.75, 3.05) is 0 Å². The molecule has 0 aromatic heterocycles. The summed E-state index contributed by atoms with van der Waals surface area (Å²) in [5, 5.41) is 102. The molecule has 0 radical (unpaired) electrons. The van der Waals surface area contributed by atoms with Gasteiger partial charge in [0, 0.05) is 95.3 Å². The maximum absolute atomic E-state index is 12.0. The summed E-state index contributed by atoms with van der Waals surface area (Å²) in [6.45, 7) is 52.9. The highest BCUT2D eigenvalue weighted by Crippen LogP contribution is 2.59. The third-order valence-corrected chi connectivity index (χ3v) is 31.8. The van der Waals surface area contributed by atoms with Gasteiger partial charge in [0.1, 0.15) is 48.2 Å². The van der Waals surface area contributed by atoms with Gasteiger partial charge in [0.25, 0.3) is 0 Å². The van der Waals surface area contributed by atoms with Crippen molar-refractivity contribution >= 4 is 47.4 Å². The molecular weight excluding hydrogens is 1460 g/mol. The second kappa shape index (κ2) is 32.3. The number of hydrogen-bond donors (Lipinski definition) is 10. The lowest BCUT2D eigenvalue weighted by Crippen LogP contribution is -2.37. The molecule has 43 atom stereocenters. The molecule has 12 aliphatic carbocycles. The van der Waals surface area contributed by atoms with Crippen molar-refractivity contribution in [1.29, 1.82) is 0 Å². The summed E-state index contributed by atoms with van der Waals surface area (Å²) in [5.74, 6) is -3.67. The van der Waals surface area contributed by atoms with Crippen LogP contribution in [0.5, 0.6) is 0 Å². The smallest absolute Gasteiger partial charge is 0.334 e. The molecule has 18 fully saturated rings. The van der Waals surface area contributed by atoms with Crippen LogP contribution in [0.4, 0.5) is 0 Å². The van der Waals surface area contributed by atoms with Crippen molar-refractivity contribution < 1.29 is 118 Å². The molecule has 6 aliphatic heterocycles. The Bertz CT molecular complexity index is 3800. The highest BCUT2D eigenvalue weighted by Gasteiger charge is 2.64. The predicted molar refractivity (Wildman–Crippen MR) is 412 cm³/mol. The highest BCUT2D eigenvalue weighted by molar-refractivity contribution is 5.92. The fourth-order valence-electron chi connectivity index (χ4n) is 25.2. The van der Waals surface area contributed by atoms with Crippen LogP contribution in [0, 0.1) is 160 Å². The van der Waals surface area contributed by atoms with Crippen LogP contribution in [0.25, 0.3) is 0 Å². The maximum atomic E-state index is 12.0. The van der Waals surface area contributed by atoms with Crippen molar-refractivity contribution in [2.24, 2.45) is 160 Å². The fourth-order valence-corrected chi connectivity index (χ4v) is 25.2. The molecule has 10 N–H and O–H groups in total. The van der Waals surface area contributed by atoms with E-state index in [1.807, 2.05) is 41.5 Å². The number of hydrogen-bond acceptors (Lipinski definition) is 24. The molecule has 12 saturated carbocycles. The summed E-state index contributed by atoms with van der Waals surface area (Å²) in [4.78, 5) is 94.8. The Morgan fingerprint density at radius 1 is 0.254 bits per heavy atom. The minimum Gasteiger partial charge on any atom is -0.461 e. The van der Waals surface area contributed by atoms with Gasteiger partial charge in [-0.1, -0.05) is 155 Å². The van der Waals surface area contributed by atoms with E-state index in [0.29, 0.717) is 82.6 Å². The molecule has 6 saturated heterocycles. The lowest BCUT2D eigenvalue weighted by atomic mass is 9.77. The van der Waals surface area contributed by atoms with E-state index >= 15 is 0 Å². The number of rotatable bonds is 0. The normalized spacial score (nSPS) is 50.3. The first-order valence-corrected chi connectivity index (χ1v) is 41.7. The summed E-state index contributed by atoms with van der Waals surface area (Å²) in [6, 6.07) is 0. The Morgan fingerprint density at radius 3 is 0.833 bits per heavy atom. The van der Waals surface area contributed by atoms with Crippen molar-refractivity contribution in [2.45, 2.75) is 237 Å². The van der Waals surface area contributed by atoms with E-state index in [2.05, 4.69) is 59.2 Å². The fraction of sp³-hybridized carbons (Fsp3) is 0.711. The number of ether oxygens (including phenoxy) is 6. The van der Waals surface area contributed by atoms with Crippen LogP contribution in [-0.4, -0.2) is 196 Å². The average Bonchev–Trinajstić information content (AvgIpc) is 1.63. The van der Waals surface area contributed by atoms with Gasteiger partial charge in [-0.3, -0.25) is 33.6 Å². The number of ketones is 2. The zero-order valence-corrected chi connectivity index (χ0v) is 67.4. The van der Waals surface area contributed by atoms with Crippen LogP contribution in [0.1, 0.15) is 139 Å². The summed E-state index contributed by atoms with van der Waals surface area (Å²) in [7, 11) is 0. The average molecular weight is 1590 g/mol. The minimum absolute atomic E-state index is 0.00366. The third kappa shape index (κ3) is 14.5. The van der Waals surface area contributed by atoms with Crippen LogP contribution in [0.2, 0.25) is 0 Å². The van der Waals surface area contributed by atoms with Gasteiger partial charge in [-0.25, -0.2) is 4.79 Å². The van der Waals surface area contributed by atoms with E-state index in [0.717, 1.165) is 44.6 Å². The summed E-state index contributed by atoms with van der Waals surface area (Å²) in [5.41, 5.74) is 7.48. The molecule has 114 heavy (non-hydrogen) atoms. The number of esters is 6. The second-order valence-electron chi connectivity index (χ2n) is 37.7. The predicted octanol–water partition coefficient (Wildman–Crippen LogP) is 6.88. The van der Waals surface area contributed by atoms with E-state index in [4.69, 9.17) is 28.4 Å². The van der Waals surface area contributed by atoms with Crippen molar-refractivity contribution in [3.8, 4) is 0 Å². The number of aliphatic hydroxyl groups is 10. The third-order valence-electron chi connectivity index (χ3n) is 31.8. The van der Waals surface area contributed by atoms with Gasteiger partial charge in [0.2, 0.25) is 0 Å². The molecule has 0 bridgehead atoms. The van der Waals surface area contributed by atoms with Gasteiger partial charge in [0.05, 0.1) is 96.5 Å². The first-order chi connectivity index (χ1) is 53.5. The van der Waals surface area contributed by atoms with Crippen LogP contribution >= 0.6 is 0 Å². The van der Waals surface area contributed by atoms with Crippen LogP contribution < -0.4 is 0 Å². The van der Waals surface area contributed by atoms with Crippen molar-refractivity contribution in [3.05, 3.63) is 109 Å².